The molecule has 0 unspecified atom stereocenters. The lowest BCUT2D eigenvalue weighted by Gasteiger charge is -2.36. The minimum atomic E-state index is -0.316. The number of nitrogens with one attached hydrogen (secondary N) is 1. The highest BCUT2D eigenvalue weighted by molar-refractivity contribution is 6.33. The number of carbonyl (C=O) groups is 1. The number of rotatable bonds is 4. The summed E-state index contributed by atoms with van der Waals surface area (Å²) in [5, 5.41) is 3.27. The molecule has 28 heavy (non-hydrogen) atoms. The van der Waals surface area contributed by atoms with Gasteiger partial charge in [0.05, 0.1) is 10.7 Å². The van der Waals surface area contributed by atoms with E-state index in [-0.39, 0.29) is 5.91 Å². The van der Waals surface area contributed by atoms with Crippen LogP contribution in [0.25, 0.3) is 0 Å². The van der Waals surface area contributed by atoms with Crippen LogP contribution in [0.2, 0.25) is 5.02 Å². The van der Waals surface area contributed by atoms with E-state index < -0.39 is 0 Å². The van der Waals surface area contributed by atoms with E-state index in [0.717, 1.165) is 37.8 Å². The maximum Gasteiger partial charge on any atom is 0.274 e. The predicted molar refractivity (Wildman–Crippen MR) is 110 cm³/mol. The third-order valence-corrected chi connectivity index (χ3v) is 4.91. The van der Waals surface area contributed by atoms with E-state index >= 15 is 0 Å². The summed E-state index contributed by atoms with van der Waals surface area (Å²) in [5.74, 6) is 1.40. The second-order valence-electron chi connectivity index (χ2n) is 6.36. The first-order valence-corrected chi connectivity index (χ1v) is 9.37. The highest BCUT2D eigenvalue weighted by atomic mass is 35.5. The van der Waals surface area contributed by atoms with Gasteiger partial charge in [-0.05, 0) is 24.3 Å². The van der Waals surface area contributed by atoms with Crippen LogP contribution in [0.4, 0.5) is 17.3 Å². The number of hydrogen-bond donors (Lipinski definition) is 1. The van der Waals surface area contributed by atoms with Crippen molar-refractivity contribution in [3.8, 4) is 0 Å². The summed E-state index contributed by atoms with van der Waals surface area (Å²) >= 11 is 6.11. The molecular weight excluding hydrogens is 376 g/mol. The fraction of sp³-hybridized carbons (Fsp3) is 0.200. The highest BCUT2D eigenvalue weighted by Gasteiger charge is 2.20. The average molecular weight is 395 g/mol. The van der Waals surface area contributed by atoms with Gasteiger partial charge in [0.15, 0.2) is 0 Å². The van der Waals surface area contributed by atoms with Gasteiger partial charge in [-0.25, -0.2) is 15.0 Å². The molecule has 0 radical (unpaired) electrons. The normalized spacial score (nSPS) is 14.0. The van der Waals surface area contributed by atoms with Crippen LogP contribution in [-0.4, -0.2) is 47.0 Å². The lowest BCUT2D eigenvalue weighted by atomic mass is 10.2. The zero-order valence-corrected chi connectivity index (χ0v) is 15.9. The lowest BCUT2D eigenvalue weighted by molar-refractivity contribution is 0.102. The standard InChI is InChI=1S/C20H19ClN6O/c21-15-5-1-2-6-16(15)25-20(28)17-13-19(24-14-23-17)27-11-9-26(10-12-27)18-7-3-4-8-22-18/h1-8,13-14H,9-12H2,(H,25,28). The number of halogens is 1. The molecule has 1 aliphatic heterocycles. The molecular formula is C20H19ClN6O. The summed E-state index contributed by atoms with van der Waals surface area (Å²) in [6, 6.07) is 14.7. The monoisotopic (exact) mass is 394 g/mol. The summed E-state index contributed by atoms with van der Waals surface area (Å²) in [4.78, 5) is 29.8. The van der Waals surface area contributed by atoms with Crippen molar-refractivity contribution in [2.75, 3.05) is 41.3 Å². The first-order chi connectivity index (χ1) is 13.7. The van der Waals surface area contributed by atoms with E-state index in [2.05, 4.69) is 30.1 Å². The maximum atomic E-state index is 12.5. The molecule has 8 heteroatoms. The average Bonchev–Trinajstić information content (AvgIpc) is 2.76. The van der Waals surface area contributed by atoms with Crippen LogP contribution in [0.1, 0.15) is 10.5 Å². The number of pyridine rings is 1. The van der Waals surface area contributed by atoms with Gasteiger partial charge in [0, 0.05) is 38.4 Å². The Kier molecular flexibility index (Phi) is 5.34. The van der Waals surface area contributed by atoms with E-state index in [1.54, 1.807) is 24.4 Å². The quantitative estimate of drug-likeness (QED) is 0.733. The van der Waals surface area contributed by atoms with Crippen molar-refractivity contribution in [1.29, 1.82) is 0 Å². The smallest absolute Gasteiger partial charge is 0.274 e. The van der Waals surface area contributed by atoms with Gasteiger partial charge in [0.2, 0.25) is 0 Å². The number of carbonyl (C=O) groups excluding carboxylic acids is 1. The van der Waals surface area contributed by atoms with Crippen LogP contribution < -0.4 is 15.1 Å². The van der Waals surface area contributed by atoms with E-state index in [9.17, 15) is 4.79 Å². The molecule has 1 N–H and O–H groups in total. The lowest BCUT2D eigenvalue weighted by Crippen LogP contribution is -2.47. The van der Waals surface area contributed by atoms with E-state index in [4.69, 9.17) is 11.6 Å². The highest BCUT2D eigenvalue weighted by Crippen LogP contribution is 2.22. The van der Waals surface area contributed by atoms with Gasteiger partial charge in [0.25, 0.3) is 5.91 Å². The van der Waals surface area contributed by atoms with Crippen LogP contribution in [0.3, 0.4) is 0 Å². The number of aromatic nitrogens is 3. The van der Waals surface area contributed by atoms with Crippen molar-refractivity contribution >= 4 is 34.8 Å². The summed E-state index contributed by atoms with van der Waals surface area (Å²) in [5.41, 5.74) is 0.857. The van der Waals surface area contributed by atoms with Crippen molar-refractivity contribution in [3.63, 3.8) is 0 Å². The van der Waals surface area contributed by atoms with Gasteiger partial charge in [-0.3, -0.25) is 4.79 Å². The molecule has 0 bridgehead atoms. The van der Waals surface area contributed by atoms with Gasteiger partial charge in [-0.15, -0.1) is 0 Å². The summed E-state index contributed by atoms with van der Waals surface area (Å²) in [6.45, 7) is 3.25. The third kappa shape index (κ3) is 4.04. The molecule has 142 valence electrons. The zero-order chi connectivity index (χ0) is 19.3. The van der Waals surface area contributed by atoms with Gasteiger partial charge >= 0.3 is 0 Å². The Morgan fingerprint density at radius 3 is 2.32 bits per heavy atom. The van der Waals surface area contributed by atoms with Gasteiger partial charge in [-0.1, -0.05) is 29.8 Å². The Hall–Kier alpha value is -3.19. The number of anilines is 3. The Labute approximate surface area is 168 Å². The molecule has 1 fully saturated rings. The maximum absolute atomic E-state index is 12.5. The summed E-state index contributed by atoms with van der Waals surface area (Å²) in [7, 11) is 0. The molecule has 0 atom stereocenters. The van der Waals surface area contributed by atoms with Crippen molar-refractivity contribution in [2.24, 2.45) is 0 Å². The molecule has 1 saturated heterocycles. The van der Waals surface area contributed by atoms with Crippen molar-refractivity contribution in [1.82, 2.24) is 15.0 Å². The molecule has 7 nitrogen and oxygen atoms in total. The Bertz CT molecular complexity index is 960. The summed E-state index contributed by atoms with van der Waals surface area (Å²) in [6.07, 6.45) is 3.22. The topological polar surface area (TPSA) is 74.2 Å². The molecule has 4 rings (SSSR count). The second-order valence-corrected chi connectivity index (χ2v) is 6.76. The van der Waals surface area contributed by atoms with Crippen molar-refractivity contribution < 1.29 is 4.79 Å². The first kappa shape index (κ1) is 18.2. The molecule has 1 aliphatic rings. The fourth-order valence-corrected chi connectivity index (χ4v) is 3.28. The van der Waals surface area contributed by atoms with Crippen LogP contribution in [0, 0.1) is 0 Å². The summed E-state index contributed by atoms with van der Waals surface area (Å²) < 4.78 is 0. The molecule has 0 spiro atoms. The SMILES string of the molecule is O=C(Nc1ccccc1Cl)c1cc(N2CCN(c3ccccn3)CC2)ncn1. The number of para-hydroxylation sites is 1. The van der Waals surface area contributed by atoms with Crippen LogP contribution >= 0.6 is 11.6 Å². The van der Waals surface area contributed by atoms with E-state index in [1.807, 2.05) is 30.3 Å². The third-order valence-electron chi connectivity index (χ3n) is 4.58. The second kappa shape index (κ2) is 8.22. The molecule has 1 aromatic carbocycles. The zero-order valence-electron chi connectivity index (χ0n) is 15.1. The van der Waals surface area contributed by atoms with Gasteiger partial charge in [0.1, 0.15) is 23.7 Å². The molecule has 2 aromatic heterocycles. The number of amides is 1. The minimum Gasteiger partial charge on any atom is -0.353 e. The Balaban J connectivity index is 1.43. The van der Waals surface area contributed by atoms with Crippen molar-refractivity contribution in [2.45, 2.75) is 0 Å². The Morgan fingerprint density at radius 2 is 1.61 bits per heavy atom. The van der Waals surface area contributed by atoms with Crippen LogP contribution in [0.5, 0.6) is 0 Å². The molecule has 3 aromatic rings. The van der Waals surface area contributed by atoms with Gasteiger partial charge in [-0.2, -0.15) is 0 Å². The first-order valence-electron chi connectivity index (χ1n) is 8.99. The number of benzene rings is 1. The number of hydrogen-bond acceptors (Lipinski definition) is 6. The minimum absolute atomic E-state index is 0.303. The molecule has 0 aliphatic carbocycles. The van der Waals surface area contributed by atoms with Crippen LogP contribution in [-0.2, 0) is 0 Å². The predicted octanol–water partition coefficient (Wildman–Crippen LogP) is 3.10. The number of piperazine rings is 1. The van der Waals surface area contributed by atoms with Crippen LogP contribution in [0.15, 0.2) is 61.1 Å². The van der Waals surface area contributed by atoms with E-state index in [1.165, 1.54) is 6.33 Å². The van der Waals surface area contributed by atoms with Gasteiger partial charge < -0.3 is 15.1 Å². The molecule has 1 amide bonds. The molecule has 3 heterocycles. The largest absolute Gasteiger partial charge is 0.353 e. The fourth-order valence-electron chi connectivity index (χ4n) is 3.10. The van der Waals surface area contributed by atoms with Crippen molar-refractivity contribution in [3.05, 3.63) is 71.8 Å². The number of nitrogens with zero attached hydrogens (tertiary/aromatic N) is 5. The Morgan fingerprint density at radius 1 is 0.893 bits per heavy atom. The van der Waals surface area contributed by atoms with E-state index in [0.29, 0.717) is 16.4 Å². The molecule has 0 saturated carbocycles.